The second kappa shape index (κ2) is 8.87. The first-order valence-corrected chi connectivity index (χ1v) is 8.97. The van der Waals surface area contributed by atoms with Crippen LogP contribution in [0.5, 0.6) is 0 Å². The smallest absolute Gasteiger partial charge is 0.238 e. The van der Waals surface area contributed by atoms with E-state index in [0.717, 1.165) is 9.87 Å². The summed E-state index contributed by atoms with van der Waals surface area (Å²) in [5, 5.41) is 0. The van der Waals surface area contributed by atoms with E-state index in [0.29, 0.717) is 26.1 Å². The highest BCUT2D eigenvalue weighted by Gasteiger charge is 2.22. The number of nitrogens with zero attached hydrogens (tertiary/aromatic N) is 2. The Balaban J connectivity index is 2.76. The number of hydrogen-bond acceptors (Lipinski definition) is 4. The number of carbonyl (C=O) groups is 1. The molecular weight excluding hydrogens is 302 g/mol. The first kappa shape index (κ1) is 18.6. The zero-order chi connectivity index (χ0) is 16.6. The Morgan fingerprint density at radius 1 is 1.23 bits per heavy atom. The lowest BCUT2D eigenvalue weighted by Gasteiger charge is -2.25. The molecule has 0 unspecified atom stereocenters. The van der Waals surface area contributed by atoms with Crippen molar-refractivity contribution in [3.05, 3.63) is 35.9 Å². The maximum atomic E-state index is 12.4. The van der Waals surface area contributed by atoms with Crippen LogP contribution in [0.3, 0.4) is 0 Å². The molecule has 0 fully saturated rings. The van der Waals surface area contributed by atoms with Gasteiger partial charge in [-0.1, -0.05) is 30.3 Å². The molecule has 1 aromatic rings. The van der Waals surface area contributed by atoms with Crippen molar-refractivity contribution in [1.82, 2.24) is 9.21 Å². The van der Waals surface area contributed by atoms with E-state index in [2.05, 4.69) is 0 Å². The van der Waals surface area contributed by atoms with Crippen LogP contribution in [0.15, 0.2) is 30.3 Å². The average Bonchev–Trinajstić information content (AvgIpc) is 2.52. The molecule has 0 bridgehead atoms. The summed E-state index contributed by atoms with van der Waals surface area (Å²) in [5.74, 6) is -0.227. The molecule has 0 radical (unpaired) electrons. The third-order valence-electron chi connectivity index (χ3n) is 3.40. The fourth-order valence-corrected chi connectivity index (χ4v) is 2.74. The zero-order valence-electron chi connectivity index (χ0n) is 13.2. The van der Waals surface area contributed by atoms with E-state index in [-0.39, 0.29) is 18.2 Å². The van der Waals surface area contributed by atoms with Crippen LogP contribution < -0.4 is 5.73 Å². The van der Waals surface area contributed by atoms with E-state index in [4.69, 9.17) is 5.73 Å². The Kier molecular flexibility index (Phi) is 7.50. The molecule has 124 valence electrons. The fourth-order valence-electron chi connectivity index (χ4n) is 1.99. The van der Waals surface area contributed by atoms with Crippen molar-refractivity contribution >= 4 is 15.9 Å². The number of sulfonamides is 1. The van der Waals surface area contributed by atoms with Gasteiger partial charge in [0.1, 0.15) is 0 Å². The second-order valence-electron chi connectivity index (χ2n) is 5.10. The molecule has 1 amide bonds. The SMILES string of the molecule is CCS(=O)(=O)N(C)CC(=O)N(CCCN)Cc1ccccc1. The highest BCUT2D eigenvalue weighted by molar-refractivity contribution is 7.89. The van der Waals surface area contributed by atoms with Crippen LogP contribution in [0.1, 0.15) is 18.9 Å². The molecule has 0 heterocycles. The molecule has 6 nitrogen and oxygen atoms in total. The van der Waals surface area contributed by atoms with Crippen LogP contribution in [0.2, 0.25) is 0 Å². The molecule has 0 atom stereocenters. The van der Waals surface area contributed by atoms with Crippen molar-refractivity contribution < 1.29 is 13.2 Å². The largest absolute Gasteiger partial charge is 0.337 e. The Hall–Kier alpha value is -1.44. The molecule has 2 N–H and O–H groups in total. The van der Waals surface area contributed by atoms with Gasteiger partial charge in [0, 0.05) is 20.1 Å². The van der Waals surface area contributed by atoms with Crippen LogP contribution in [-0.2, 0) is 21.4 Å². The Labute approximate surface area is 132 Å². The van der Waals surface area contributed by atoms with Crippen molar-refractivity contribution in [2.75, 3.05) is 32.4 Å². The number of amides is 1. The van der Waals surface area contributed by atoms with Crippen LogP contribution >= 0.6 is 0 Å². The Morgan fingerprint density at radius 2 is 1.86 bits per heavy atom. The maximum Gasteiger partial charge on any atom is 0.238 e. The predicted octanol–water partition coefficient (Wildman–Crippen LogP) is 0.646. The van der Waals surface area contributed by atoms with Gasteiger partial charge in [-0.05, 0) is 25.5 Å². The minimum atomic E-state index is -3.36. The quantitative estimate of drug-likeness (QED) is 0.721. The van der Waals surface area contributed by atoms with E-state index >= 15 is 0 Å². The van der Waals surface area contributed by atoms with Crippen LogP contribution in [-0.4, -0.2) is 56.0 Å². The molecule has 0 aliphatic heterocycles. The molecule has 1 rings (SSSR count). The van der Waals surface area contributed by atoms with E-state index in [1.807, 2.05) is 30.3 Å². The van der Waals surface area contributed by atoms with Gasteiger partial charge >= 0.3 is 0 Å². The topological polar surface area (TPSA) is 83.7 Å². The molecule has 0 aromatic heterocycles. The summed E-state index contributed by atoms with van der Waals surface area (Å²) in [6, 6.07) is 9.62. The number of likely N-dealkylation sites (N-methyl/N-ethyl adjacent to an activating group) is 1. The van der Waals surface area contributed by atoms with Crippen molar-refractivity contribution in [3.8, 4) is 0 Å². The Bertz CT molecular complexity index is 561. The number of carbonyl (C=O) groups excluding carboxylic acids is 1. The van der Waals surface area contributed by atoms with Gasteiger partial charge in [-0.2, -0.15) is 4.31 Å². The molecule has 0 aliphatic carbocycles. The molecule has 0 aliphatic rings. The highest BCUT2D eigenvalue weighted by Crippen LogP contribution is 2.07. The van der Waals surface area contributed by atoms with Gasteiger partial charge in [0.25, 0.3) is 0 Å². The molecule has 0 saturated carbocycles. The summed E-state index contributed by atoms with van der Waals surface area (Å²) in [5.41, 5.74) is 6.53. The van der Waals surface area contributed by atoms with Crippen molar-refractivity contribution in [2.24, 2.45) is 5.73 Å². The normalized spacial score (nSPS) is 11.6. The maximum absolute atomic E-state index is 12.4. The second-order valence-corrected chi connectivity index (χ2v) is 7.46. The molecule has 0 spiro atoms. The number of nitrogens with two attached hydrogens (primary N) is 1. The summed E-state index contributed by atoms with van der Waals surface area (Å²) >= 11 is 0. The first-order chi connectivity index (χ1) is 10.4. The summed E-state index contributed by atoms with van der Waals surface area (Å²) in [7, 11) is -1.93. The van der Waals surface area contributed by atoms with Gasteiger partial charge < -0.3 is 10.6 Å². The fraction of sp³-hybridized carbons (Fsp3) is 0.533. The van der Waals surface area contributed by atoms with Crippen LogP contribution in [0.4, 0.5) is 0 Å². The Morgan fingerprint density at radius 3 is 2.41 bits per heavy atom. The summed E-state index contributed by atoms with van der Waals surface area (Å²) < 4.78 is 24.6. The van der Waals surface area contributed by atoms with Gasteiger partial charge in [-0.25, -0.2) is 8.42 Å². The zero-order valence-corrected chi connectivity index (χ0v) is 14.1. The number of rotatable bonds is 9. The standard InChI is InChI=1S/C15H25N3O3S/c1-3-22(20,21)17(2)13-15(19)18(11-7-10-16)12-14-8-5-4-6-9-14/h4-6,8-9H,3,7,10-13,16H2,1-2H3. The average molecular weight is 327 g/mol. The van der Waals surface area contributed by atoms with E-state index < -0.39 is 10.0 Å². The molecule has 1 aromatic carbocycles. The van der Waals surface area contributed by atoms with Gasteiger partial charge in [-0.15, -0.1) is 0 Å². The van der Waals surface area contributed by atoms with Gasteiger partial charge in [0.15, 0.2) is 0 Å². The third-order valence-corrected chi connectivity index (χ3v) is 5.21. The highest BCUT2D eigenvalue weighted by atomic mass is 32.2. The lowest BCUT2D eigenvalue weighted by molar-refractivity contribution is -0.131. The molecule has 0 saturated heterocycles. The van der Waals surface area contributed by atoms with Gasteiger partial charge in [-0.3, -0.25) is 4.79 Å². The third kappa shape index (κ3) is 5.75. The van der Waals surface area contributed by atoms with Crippen molar-refractivity contribution in [2.45, 2.75) is 19.9 Å². The summed E-state index contributed by atoms with van der Waals surface area (Å²) in [6.45, 7) is 2.88. The monoisotopic (exact) mass is 327 g/mol. The minimum absolute atomic E-state index is 0.0156. The summed E-state index contributed by atoms with van der Waals surface area (Å²) in [4.78, 5) is 14.1. The molecule has 22 heavy (non-hydrogen) atoms. The molecule has 7 heteroatoms. The molecular formula is C15H25N3O3S. The van der Waals surface area contributed by atoms with E-state index in [1.54, 1.807) is 11.8 Å². The summed E-state index contributed by atoms with van der Waals surface area (Å²) in [6.07, 6.45) is 0.683. The van der Waals surface area contributed by atoms with Crippen LogP contribution in [0, 0.1) is 0 Å². The lowest BCUT2D eigenvalue weighted by atomic mass is 10.2. The van der Waals surface area contributed by atoms with Crippen LogP contribution in [0.25, 0.3) is 0 Å². The lowest BCUT2D eigenvalue weighted by Crippen LogP contribution is -2.42. The number of hydrogen-bond donors (Lipinski definition) is 1. The van der Waals surface area contributed by atoms with Crippen molar-refractivity contribution in [1.29, 1.82) is 0 Å². The van der Waals surface area contributed by atoms with E-state index in [1.165, 1.54) is 7.05 Å². The van der Waals surface area contributed by atoms with Gasteiger partial charge in [0.2, 0.25) is 15.9 Å². The predicted molar refractivity (Wildman–Crippen MR) is 87.6 cm³/mol. The first-order valence-electron chi connectivity index (χ1n) is 7.36. The van der Waals surface area contributed by atoms with Gasteiger partial charge in [0.05, 0.1) is 12.3 Å². The van der Waals surface area contributed by atoms with Crippen molar-refractivity contribution in [3.63, 3.8) is 0 Å². The number of benzene rings is 1. The minimum Gasteiger partial charge on any atom is -0.337 e. The van der Waals surface area contributed by atoms with E-state index in [9.17, 15) is 13.2 Å².